The first-order valence-corrected chi connectivity index (χ1v) is 9.84. The number of rotatable bonds is 3. The van der Waals surface area contributed by atoms with E-state index in [-0.39, 0.29) is 5.39 Å². The number of hydrogen-bond donors (Lipinski definition) is 4. The highest BCUT2D eigenvalue weighted by Crippen LogP contribution is 2.37. The van der Waals surface area contributed by atoms with Gasteiger partial charge in [0.05, 0.1) is 0 Å². The molecule has 0 heterocycles. The molecule has 0 atom stereocenters. The van der Waals surface area contributed by atoms with Gasteiger partial charge in [0.2, 0.25) is 0 Å². The van der Waals surface area contributed by atoms with Crippen LogP contribution in [0.5, 0.6) is 0 Å². The van der Waals surface area contributed by atoms with Crippen molar-refractivity contribution in [2.45, 2.75) is 14.7 Å². The first kappa shape index (κ1) is 17.6. The number of hydrogen-bond acceptors (Lipinski definition) is 7. The van der Waals surface area contributed by atoms with Crippen LogP contribution < -0.4 is 5.73 Å². The molecule has 2 aromatic rings. The third-order valence-electron chi connectivity index (χ3n) is 2.89. The molecule has 13 heteroatoms. The summed E-state index contributed by atoms with van der Waals surface area (Å²) in [6.45, 7) is 0. The largest absolute Gasteiger partial charge is 0.398 e. The fourth-order valence-corrected chi connectivity index (χ4v) is 4.90. The predicted octanol–water partition coefficient (Wildman–Crippen LogP) is 0.162. The van der Waals surface area contributed by atoms with Gasteiger partial charge in [-0.3, -0.25) is 13.7 Å². The van der Waals surface area contributed by atoms with Gasteiger partial charge in [0.1, 0.15) is 14.7 Å². The maximum atomic E-state index is 11.6. The lowest BCUT2D eigenvalue weighted by molar-refractivity contribution is 0.467. The summed E-state index contributed by atoms with van der Waals surface area (Å²) >= 11 is 0. The van der Waals surface area contributed by atoms with E-state index in [1.165, 1.54) is 0 Å². The SMILES string of the molecule is Nc1cc(S(=O)(=O)O)c(S(=O)(=O)O)c2c(S(=O)(=O)O)cccc12. The van der Waals surface area contributed by atoms with Crippen LogP contribution in [0.25, 0.3) is 10.8 Å². The van der Waals surface area contributed by atoms with Crippen LogP contribution in [0.15, 0.2) is 39.0 Å². The molecule has 2 aromatic carbocycles. The van der Waals surface area contributed by atoms with Gasteiger partial charge in [0.15, 0.2) is 0 Å². The minimum Gasteiger partial charge on any atom is -0.398 e. The molecule has 0 saturated carbocycles. The second-order valence-electron chi connectivity index (χ2n) is 4.40. The van der Waals surface area contributed by atoms with Gasteiger partial charge < -0.3 is 5.73 Å². The Morgan fingerprint density at radius 3 is 1.74 bits per heavy atom. The van der Waals surface area contributed by atoms with Crippen molar-refractivity contribution < 1.29 is 38.9 Å². The molecule has 0 aliphatic carbocycles. The van der Waals surface area contributed by atoms with Crippen molar-refractivity contribution in [1.29, 1.82) is 0 Å². The van der Waals surface area contributed by atoms with Gasteiger partial charge in [-0.25, -0.2) is 0 Å². The quantitative estimate of drug-likeness (QED) is 0.419. The third-order valence-corrected chi connectivity index (χ3v) is 5.73. The van der Waals surface area contributed by atoms with Crippen molar-refractivity contribution in [2.75, 3.05) is 5.73 Å². The zero-order chi connectivity index (χ0) is 17.8. The first-order valence-electron chi connectivity index (χ1n) is 5.52. The Morgan fingerprint density at radius 2 is 1.30 bits per heavy atom. The molecule has 23 heavy (non-hydrogen) atoms. The zero-order valence-electron chi connectivity index (χ0n) is 10.9. The summed E-state index contributed by atoms with van der Waals surface area (Å²) in [7, 11) is -15.5. The minimum absolute atomic E-state index is 0.264. The maximum Gasteiger partial charge on any atom is 0.296 e. The lowest BCUT2D eigenvalue weighted by Gasteiger charge is -2.13. The van der Waals surface area contributed by atoms with Gasteiger partial charge in [-0.15, -0.1) is 0 Å². The van der Waals surface area contributed by atoms with E-state index in [4.69, 9.17) is 10.3 Å². The molecule has 0 saturated heterocycles. The van der Waals surface area contributed by atoms with Crippen LogP contribution >= 0.6 is 0 Å². The molecule has 0 aromatic heterocycles. The standard InChI is InChI=1S/C10H9NO9S3/c11-6-4-8(22(15,16)17)10(23(18,19)20)9-5(6)2-1-3-7(9)21(12,13)14/h1-4H,11H2,(H,12,13,14)(H,15,16,17)(H,18,19,20). The van der Waals surface area contributed by atoms with Crippen LogP contribution in [-0.2, 0) is 30.4 Å². The van der Waals surface area contributed by atoms with Crippen molar-refractivity contribution in [1.82, 2.24) is 0 Å². The van der Waals surface area contributed by atoms with E-state index in [9.17, 15) is 34.4 Å². The molecule has 0 aliphatic rings. The Morgan fingerprint density at radius 1 is 0.783 bits per heavy atom. The highest BCUT2D eigenvalue weighted by atomic mass is 32.2. The Bertz CT molecular complexity index is 1130. The monoisotopic (exact) mass is 383 g/mol. The van der Waals surface area contributed by atoms with E-state index in [0.29, 0.717) is 6.07 Å². The summed E-state index contributed by atoms with van der Waals surface area (Å²) in [5.41, 5.74) is 5.15. The topological polar surface area (TPSA) is 189 Å². The molecule has 0 bridgehead atoms. The van der Waals surface area contributed by atoms with Crippen LogP contribution in [0.4, 0.5) is 5.69 Å². The summed E-state index contributed by atoms with van der Waals surface area (Å²) in [5.74, 6) is 0. The van der Waals surface area contributed by atoms with E-state index < -0.39 is 56.1 Å². The average molecular weight is 383 g/mol. The van der Waals surface area contributed by atoms with Crippen LogP contribution in [0.2, 0.25) is 0 Å². The van der Waals surface area contributed by atoms with Gasteiger partial charge in [-0.1, -0.05) is 12.1 Å². The molecule has 2 rings (SSSR count). The summed E-state index contributed by atoms with van der Waals surface area (Å²) < 4.78 is 96.4. The lowest BCUT2D eigenvalue weighted by Crippen LogP contribution is -2.12. The Kier molecular flexibility index (Phi) is 3.91. The molecule has 10 nitrogen and oxygen atoms in total. The molecular formula is C10H9NO9S3. The molecule has 0 fully saturated rings. The van der Waals surface area contributed by atoms with Crippen molar-refractivity contribution in [3.63, 3.8) is 0 Å². The summed E-state index contributed by atoms with van der Waals surface area (Å²) in [5, 5.41) is -1.12. The van der Waals surface area contributed by atoms with Crippen LogP contribution in [-0.4, -0.2) is 38.9 Å². The highest BCUT2D eigenvalue weighted by Gasteiger charge is 2.31. The average Bonchev–Trinajstić information content (AvgIpc) is 2.34. The smallest absolute Gasteiger partial charge is 0.296 e. The molecule has 0 radical (unpaired) electrons. The number of anilines is 1. The van der Waals surface area contributed by atoms with Crippen molar-refractivity contribution >= 4 is 46.8 Å². The number of nitrogens with two attached hydrogens (primary N) is 1. The number of nitrogen functional groups attached to an aromatic ring is 1. The van der Waals surface area contributed by atoms with E-state index in [1.54, 1.807) is 0 Å². The molecule has 5 N–H and O–H groups in total. The number of fused-ring (bicyclic) bond motifs is 1. The molecule has 0 spiro atoms. The van der Waals surface area contributed by atoms with E-state index in [1.807, 2.05) is 0 Å². The summed E-state index contributed by atoms with van der Waals surface area (Å²) in [6.07, 6.45) is 0. The molecule has 0 amide bonds. The fourth-order valence-electron chi connectivity index (χ4n) is 2.08. The summed E-state index contributed by atoms with van der Waals surface area (Å²) in [6, 6.07) is 3.58. The Labute approximate surface area is 130 Å². The second kappa shape index (κ2) is 5.12. The van der Waals surface area contributed by atoms with E-state index >= 15 is 0 Å². The number of benzene rings is 2. The van der Waals surface area contributed by atoms with E-state index in [2.05, 4.69) is 0 Å². The molecule has 126 valence electrons. The van der Waals surface area contributed by atoms with Gasteiger partial charge >= 0.3 is 0 Å². The van der Waals surface area contributed by atoms with Crippen LogP contribution in [0.3, 0.4) is 0 Å². The Balaban J connectivity index is 3.36. The Hall–Kier alpha value is -1.77. The van der Waals surface area contributed by atoms with E-state index in [0.717, 1.165) is 18.2 Å². The summed E-state index contributed by atoms with van der Waals surface area (Å²) in [4.78, 5) is -3.72. The van der Waals surface area contributed by atoms with Crippen molar-refractivity contribution in [2.24, 2.45) is 0 Å². The normalized spacial score (nSPS) is 13.3. The minimum atomic E-state index is -5.31. The van der Waals surface area contributed by atoms with Gasteiger partial charge in [-0.05, 0) is 12.1 Å². The molecule has 0 unspecified atom stereocenters. The van der Waals surface area contributed by atoms with Crippen molar-refractivity contribution in [3.8, 4) is 0 Å². The maximum absolute atomic E-state index is 11.6. The lowest BCUT2D eigenvalue weighted by atomic mass is 10.1. The zero-order valence-corrected chi connectivity index (χ0v) is 13.4. The van der Waals surface area contributed by atoms with Crippen LogP contribution in [0.1, 0.15) is 0 Å². The van der Waals surface area contributed by atoms with Crippen molar-refractivity contribution in [3.05, 3.63) is 24.3 Å². The molecular weight excluding hydrogens is 374 g/mol. The highest BCUT2D eigenvalue weighted by molar-refractivity contribution is 7.89. The van der Waals surface area contributed by atoms with Gasteiger partial charge in [-0.2, -0.15) is 25.3 Å². The second-order valence-corrected chi connectivity index (χ2v) is 8.54. The first-order chi connectivity index (χ1) is 10.2. The molecule has 0 aliphatic heterocycles. The third kappa shape index (κ3) is 3.15. The van der Waals surface area contributed by atoms with Gasteiger partial charge in [0.25, 0.3) is 30.4 Å². The van der Waals surface area contributed by atoms with Gasteiger partial charge in [0, 0.05) is 16.5 Å². The van der Waals surface area contributed by atoms with Crippen LogP contribution in [0, 0.1) is 0 Å². The fraction of sp³-hybridized carbons (Fsp3) is 0. The predicted molar refractivity (Wildman–Crippen MR) is 77.8 cm³/mol.